The molecule has 5 nitrogen and oxygen atoms in total. The summed E-state index contributed by atoms with van der Waals surface area (Å²) in [5.41, 5.74) is -1.15. The minimum absolute atomic E-state index is 0.0702. The van der Waals surface area contributed by atoms with E-state index in [1.807, 2.05) is 0 Å². The van der Waals surface area contributed by atoms with Crippen LogP contribution in [0.15, 0.2) is 40.8 Å². The van der Waals surface area contributed by atoms with Crippen molar-refractivity contribution in [3.05, 3.63) is 48.0 Å². The van der Waals surface area contributed by atoms with Crippen molar-refractivity contribution in [2.45, 2.75) is 25.8 Å². The molecule has 0 bridgehead atoms. The van der Waals surface area contributed by atoms with Crippen LogP contribution in [0.1, 0.15) is 30.8 Å². The molecular formula is C16H16FNO4. The summed E-state index contributed by atoms with van der Waals surface area (Å²) in [6.07, 6.45) is 0.217. The van der Waals surface area contributed by atoms with Gasteiger partial charge in [-0.3, -0.25) is 4.79 Å². The van der Waals surface area contributed by atoms with E-state index in [1.165, 1.54) is 31.2 Å². The molecule has 2 rings (SSSR count). The zero-order valence-electron chi connectivity index (χ0n) is 12.2. The van der Waals surface area contributed by atoms with Crippen LogP contribution in [0.5, 0.6) is 0 Å². The molecule has 1 atom stereocenters. The van der Waals surface area contributed by atoms with Gasteiger partial charge in [-0.1, -0.05) is 19.1 Å². The highest BCUT2D eigenvalue weighted by molar-refractivity contribution is 5.96. The molecule has 0 aliphatic carbocycles. The van der Waals surface area contributed by atoms with E-state index in [0.717, 1.165) is 0 Å². The minimum atomic E-state index is -1.39. The van der Waals surface area contributed by atoms with Crippen molar-refractivity contribution < 1.29 is 23.5 Å². The smallest absolute Gasteiger partial charge is 0.329 e. The second kappa shape index (κ2) is 6.01. The Hall–Kier alpha value is -2.63. The van der Waals surface area contributed by atoms with Gasteiger partial charge in [0.25, 0.3) is 5.91 Å². The van der Waals surface area contributed by atoms with Crippen molar-refractivity contribution in [3.8, 4) is 11.3 Å². The first kappa shape index (κ1) is 15.8. The van der Waals surface area contributed by atoms with Crippen molar-refractivity contribution in [3.63, 3.8) is 0 Å². The van der Waals surface area contributed by atoms with E-state index in [0.29, 0.717) is 0 Å². The SMILES string of the molecule is CCC(C)(NC(=O)c1ccc(-c2ccccc2F)o1)C(=O)O. The third-order valence-corrected chi connectivity index (χ3v) is 3.54. The number of carboxylic acids is 1. The van der Waals surface area contributed by atoms with Crippen molar-refractivity contribution in [2.24, 2.45) is 0 Å². The Balaban J connectivity index is 2.23. The largest absolute Gasteiger partial charge is 0.480 e. The number of rotatable bonds is 5. The second-order valence-electron chi connectivity index (χ2n) is 5.09. The summed E-state index contributed by atoms with van der Waals surface area (Å²) >= 11 is 0. The van der Waals surface area contributed by atoms with Gasteiger partial charge < -0.3 is 14.8 Å². The predicted molar refractivity (Wildman–Crippen MR) is 77.9 cm³/mol. The number of nitrogens with one attached hydrogen (secondary N) is 1. The van der Waals surface area contributed by atoms with Gasteiger partial charge in [0.2, 0.25) is 0 Å². The molecule has 6 heteroatoms. The van der Waals surface area contributed by atoms with Gasteiger partial charge in [0.15, 0.2) is 5.76 Å². The summed E-state index contributed by atoms with van der Waals surface area (Å²) in [6, 6.07) is 8.88. The molecule has 116 valence electrons. The van der Waals surface area contributed by atoms with E-state index in [4.69, 9.17) is 9.52 Å². The number of carboxylic acid groups (broad SMARTS) is 1. The van der Waals surface area contributed by atoms with Crippen LogP contribution in [0.3, 0.4) is 0 Å². The molecule has 1 amide bonds. The van der Waals surface area contributed by atoms with E-state index in [1.54, 1.807) is 19.1 Å². The molecule has 0 aliphatic rings. The predicted octanol–water partition coefficient (Wildman–Crippen LogP) is 3.07. The molecule has 0 fully saturated rings. The first-order valence-electron chi connectivity index (χ1n) is 6.78. The summed E-state index contributed by atoms with van der Waals surface area (Å²) < 4.78 is 19.0. The summed E-state index contributed by atoms with van der Waals surface area (Å²) in [5, 5.41) is 11.6. The lowest BCUT2D eigenvalue weighted by molar-refractivity contribution is -0.143. The van der Waals surface area contributed by atoms with E-state index < -0.39 is 23.2 Å². The van der Waals surface area contributed by atoms with Crippen LogP contribution < -0.4 is 5.32 Å². The van der Waals surface area contributed by atoms with Gasteiger partial charge in [0.1, 0.15) is 17.1 Å². The van der Waals surface area contributed by atoms with Crippen LogP contribution in [0, 0.1) is 5.82 Å². The van der Waals surface area contributed by atoms with Gasteiger partial charge in [-0.05, 0) is 37.6 Å². The standard InChI is InChI=1S/C16H16FNO4/c1-3-16(2,15(20)21)18-14(19)13-9-8-12(22-13)10-6-4-5-7-11(10)17/h4-9H,3H2,1-2H3,(H,18,19)(H,20,21). The molecule has 0 saturated heterocycles. The van der Waals surface area contributed by atoms with Crippen LogP contribution >= 0.6 is 0 Å². The van der Waals surface area contributed by atoms with Crippen molar-refractivity contribution in [1.82, 2.24) is 5.32 Å². The van der Waals surface area contributed by atoms with E-state index in [-0.39, 0.29) is 23.5 Å². The van der Waals surface area contributed by atoms with Gasteiger partial charge in [-0.2, -0.15) is 0 Å². The van der Waals surface area contributed by atoms with Gasteiger partial charge >= 0.3 is 5.97 Å². The zero-order valence-corrected chi connectivity index (χ0v) is 12.2. The minimum Gasteiger partial charge on any atom is -0.480 e. The van der Waals surface area contributed by atoms with Crippen LogP contribution in [0.25, 0.3) is 11.3 Å². The fourth-order valence-electron chi connectivity index (χ4n) is 1.87. The molecule has 0 aliphatic heterocycles. The number of carbonyl (C=O) groups is 2. The third-order valence-electron chi connectivity index (χ3n) is 3.54. The Morgan fingerprint density at radius 3 is 2.55 bits per heavy atom. The molecule has 2 aromatic rings. The maximum Gasteiger partial charge on any atom is 0.329 e. The summed E-state index contributed by atoms with van der Waals surface area (Å²) in [5.74, 6) is -2.12. The fourth-order valence-corrected chi connectivity index (χ4v) is 1.87. The maximum atomic E-state index is 13.7. The number of benzene rings is 1. The lowest BCUT2D eigenvalue weighted by Crippen LogP contribution is -2.51. The normalized spacial score (nSPS) is 13.4. The topological polar surface area (TPSA) is 79.5 Å². The van der Waals surface area contributed by atoms with Gasteiger partial charge in [0, 0.05) is 0 Å². The number of furan rings is 1. The summed E-state index contributed by atoms with van der Waals surface area (Å²) in [7, 11) is 0. The Bertz CT molecular complexity index is 710. The molecule has 0 spiro atoms. The summed E-state index contributed by atoms with van der Waals surface area (Å²) in [6.45, 7) is 3.06. The maximum absolute atomic E-state index is 13.7. The van der Waals surface area contributed by atoms with E-state index in [2.05, 4.69) is 5.32 Å². The monoisotopic (exact) mass is 305 g/mol. The Morgan fingerprint density at radius 2 is 1.95 bits per heavy atom. The van der Waals surface area contributed by atoms with Gasteiger partial charge in [-0.15, -0.1) is 0 Å². The number of hydrogen-bond acceptors (Lipinski definition) is 3. The lowest BCUT2D eigenvalue weighted by atomic mass is 9.99. The Morgan fingerprint density at radius 1 is 1.27 bits per heavy atom. The molecule has 1 heterocycles. The number of aliphatic carboxylic acids is 1. The van der Waals surface area contributed by atoms with Gasteiger partial charge in [0.05, 0.1) is 5.56 Å². The highest BCUT2D eigenvalue weighted by Crippen LogP contribution is 2.25. The molecule has 1 unspecified atom stereocenters. The number of halogens is 1. The summed E-state index contributed by atoms with van der Waals surface area (Å²) in [4.78, 5) is 23.3. The van der Waals surface area contributed by atoms with Crippen LogP contribution in [0.4, 0.5) is 4.39 Å². The quantitative estimate of drug-likeness (QED) is 0.889. The molecular weight excluding hydrogens is 289 g/mol. The van der Waals surface area contributed by atoms with Gasteiger partial charge in [-0.25, -0.2) is 9.18 Å². The number of hydrogen-bond donors (Lipinski definition) is 2. The highest BCUT2D eigenvalue weighted by Gasteiger charge is 2.33. The van der Waals surface area contributed by atoms with Crippen LogP contribution in [-0.4, -0.2) is 22.5 Å². The second-order valence-corrected chi connectivity index (χ2v) is 5.09. The van der Waals surface area contributed by atoms with E-state index in [9.17, 15) is 14.0 Å². The Kier molecular flexibility index (Phi) is 4.30. The van der Waals surface area contributed by atoms with Crippen molar-refractivity contribution >= 4 is 11.9 Å². The molecule has 22 heavy (non-hydrogen) atoms. The fraction of sp³-hybridized carbons (Fsp3) is 0.250. The molecule has 0 saturated carbocycles. The average molecular weight is 305 g/mol. The van der Waals surface area contributed by atoms with E-state index >= 15 is 0 Å². The molecule has 2 N–H and O–H groups in total. The lowest BCUT2D eigenvalue weighted by Gasteiger charge is -2.23. The Labute approximate surface area is 126 Å². The first-order valence-corrected chi connectivity index (χ1v) is 6.78. The van der Waals surface area contributed by atoms with Crippen LogP contribution in [0.2, 0.25) is 0 Å². The highest BCUT2D eigenvalue weighted by atomic mass is 19.1. The van der Waals surface area contributed by atoms with Crippen LogP contribution in [-0.2, 0) is 4.79 Å². The first-order chi connectivity index (χ1) is 10.4. The third kappa shape index (κ3) is 3.00. The van der Waals surface area contributed by atoms with Crippen molar-refractivity contribution in [2.75, 3.05) is 0 Å². The average Bonchev–Trinajstić information content (AvgIpc) is 2.97. The van der Waals surface area contributed by atoms with Crippen molar-refractivity contribution in [1.29, 1.82) is 0 Å². The number of carbonyl (C=O) groups excluding carboxylic acids is 1. The molecule has 1 aromatic heterocycles. The molecule has 1 aromatic carbocycles. The zero-order chi connectivity index (χ0) is 16.3. The molecule has 0 radical (unpaired) electrons. The number of amides is 1.